The Morgan fingerprint density at radius 3 is 2.70 bits per heavy atom. The molecule has 33 heavy (non-hydrogen) atoms. The van der Waals surface area contributed by atoms with Gasteiger partial charge in [-0.05, 0) is 47.6 Å². The van der Waals surface area contributed by atoms with E-state index in [4.69, 9.17) is 0 Å². The Kier molecular flexibility index (Phi) is 7.16. The second kappa shape index (κ2) is 10.4. The van der Waals surface area contributed by atoms with Crippen LogP contribution < -0.4 is 5.32 Å². The highest BCUT2D eigenvalue weighted by atomic mass is 32.1. The number of pyridine rings is 1. The smallest absolute Gasteiger partial charge is 0.225 e. The number of thiophene rings is 1. The third-order valence-electron chi connectivity index (χ3n) is 6.01. The van der Waals surface area contributed by atoms with Crippen molar-refractivity contribution in [2.45, 2.75) is 45.1 Å². The van der Waals surface area contributed by atoms with Crippen LogP contribution in [0.5, 0.6) is 0 Å². The molecule has 0 aliphatic carbocycles. The molecule has 1 aromatic carbocycles. The van der Waals surface area contributed by atoms with Gasteiger partial charge in [0.2, 0.25) is 11.8 Å². The number of nitrogens with zero attached hydrogens (tertiary/aromatic N) is 3. The second-order valence-corrected chi connectivity index (χ2v) is 9.41. The number of aryl methyl sites for hydroxylation is 1. The number of hydrogen-bond acceptors (Lipinski definition) is 5. The number of anilines is 1. The lowest BCUT2D eigenvalue weighted by Gasteiger charge is -2.27. The molecule has 7 heteroatoms. The van der Waals surface area contributed by atoms with Gasteiger partial charge in [0.1, 0.15) is 11.1 Å². The van der Waals surface area contributed by atoms with Gasteiger partial charge >= 0.3 is 0 Å². The largest absolute Gasteiger partial charge is 0.337 e. The van der Waals surface area contributed by atoms with Crippen molar-refractivity contribution < 1.29 is 9.59 Å². The fourth-order valence-corrected chi connectivity index (χ4v) is 5.37. The van der Waals surface area contributed by atoms with Gasteiger partial charge in [-0.3, -0.25) is 14.6 Å². The number of hydrogen-bond donors (Lipinski definition) is 1. The maximum atomic E-state index is 12.8. The second-order valence-electron chi connectivity index (χ2n) is 8.30. The quantitative estimate of drug-likeness (QED) is 0.558. The number of rotatable bonds is 7. The summed E-state index contributed by atoms with van der Waals surface area (Å²) in [7, 11) is 0. The minimum absolute atomic E-state index is 0.0832. The molecule has 1 N–H and O–H groups in total. The third kappa shape index (κ3) is 5.47. The molecule has 0 unspecified atom stereocenters. The number of fused-ring (bicyclic) bond motifs is 1. The third-order valence-corrected chi connectivity index (χ3v) is 7.14. The summed E-state index contributed by atoms with van der Waals surface area (Å²) in [5.41, 5.74) is 3.71. The molecule has 0 saturated heterocycles. The molecule has 0 fully saturated rings. The summed E-state index contributed by atoms with van der Waals surface area (Å²) in [6.07, 6.45) is 5.57. The van der Waals surface area contributed by atoms with E-state index in [0.717, 1.165) is 21.6 Å². The van der Waals surface area contributed by atoms with Crippen LogP contribution in [0.25, 0.3) is 0 Å². The molecular formula is C26H26N4O2S. The van der Waals surface area contributed by atoms with E-state index in [9.17, 15) is 14.9 Å². The van der Waals surface area contributed by atoms with Crippen LogP contribution in [-0.2, 0) is 29.0 Å². The van der Waals surface area contributed by atoms with E-state index in [0.29, 0.717) is 49.3 Å². The molecule has 1 atom stereocenters. The molecule has 2 amide bonds. The molecule has 3 heterocycles. The van der Waals surface area contributed by atoms with Crippen molar-refractivity contribution in [1.82, 2.24) is 9.88 Å². The first kappa shape index (κ1) is 22.7. The number of carbonyl (C=O) groups excluding carboxylic acids is 2. The van der Waals surface area contributed by atoms with Crippen molar-refractivity contribution in [2.24, 2.45) is 0 Å². The Labute approximate surface area is 197 Å². The summed E-state index contributed by atoms with van der Waals surface area (Å²) in [6, 6.07) is 16.0. The van der Waals surface area contributed by atoms with Crippen LogP contribution in [0.4, 0.5) is 5.00 Å². The maximum Gasteiger partial charge on any atom is 0.225 e. The maximum absolute atomic E-state index is 12.8. The topological polar surface area (TPSA) is 86.1 Å². The van der Waals surface area contributed by atoms with Crippen molar-refractivity contribution in [1.29, 1.82) is 5.26 Å². The molecule has 0 saturated carbocycles. The van der Waals surface area contributed by atoms with E-state index < -0.39 is 0 Å². The molecular weight excluding hydrogens is 432 g/mol. The summed E-state index contributed by atoms with van der Waals surface area (Å²) in [5, 5.41) is 13.3. The molecule has 0 radical (unpaired) electrons. The van der Waals surface area contributed by atoms with Crippen molar-refractivity contribution in [3.05, 3.63) is 82.0 Å². The van der Waals surface area contributed by atoms with Gasteiger partial charge in [-0.2, -0.15) is 5.26 Å². The summed E-state index contributed by atoms with van der Waals surface area (Å²) in [6.45, 7) is 3.10. The van der Waals surface area contributed by atoms with Crippen LogP contribution in [0.15, 0.2) is 54.9 Å². The van der Waals surface area contributed by atoms with Gasteiger partial charge in [0.25, 0.3) is 0 Å². The molecule has 1 aliphatic heterocycles. The number of carbonyl (C=O) groups is 2. The molecule has 6 nitrogen and oxygen atoms in total. The molecule has 2 aromatic heterocycles. The number of nitriles is 1. The minimum atomic E-state index is -0.105. The van der Waals surface area contributed by atoms with E-state index in [1.54, 1.807) is 12.4 Å². The van der Waals surface area contributed by atoms with Crippen LogP contribution in [0.2, 0.25) is 0 Å². The van der Waals surface area contributed by atoms with Gasteiger partial charge < -0.3 is 10.2 Å². The van der Waals surface area contributed by atoms with Crippen molar-refractivity contribution in [2.75, 3.05) is 11.9 Å². The predicted molar refractivity (Wildman–Crippen MR) is 129 cm³/mol. The Bertz CT molecular complexity index is 1170. The van der Waals surface area contributed by atoms with E-state index in [-0.39, 0.29) is 17.7 Å². The van der Waals surface area contributed by atoms with Crippen molar-refractivity contribution in [3.63, 3.8) is 0 Å². The Balaban J connectivity index is 1.39. The number of amides is 2. The molecule has 4 rings (SSSR count). The molecule has 0 spiro atoms. The van der Waals surface area contributed by atoms with Crippen LogP contribution in [-0.4, -0.2) is 28.2 Å². The fraction of sp³-hybridized carbons (Fsp3) is 0.308. The Hall–Kier alpha value is -3.50. The molecule has 3 aromatic rings. The van der Waals surface area contributed by atoms with Gasteiger partial charge in [-0.25, -0.2) is 0 Å². The zero-order valence-electron chi connectivity index (χ0n) is 18.6. The lowest BCUT2D eigenvalue weighted by Crippen LogP contribution is -2.35. The van der Waals surface area contributed by atoms with E-state index in [2.05, 4.69) is 16.4 Å². The monoisotopic (exact) mass is 458 g/mol. The summed E-state index contributed by atoms with van der Waals surface area (Å²) < 4.78 is 0. The van der Waals surface area contributed by atoms with Crippen LogP contribution in [0, 0.1) is 11.3 Å². The number of benzene rings is 1. The van der Waals surface area contributed by atoms with Gasteiger partial charge in [0.05, 0.1) is 12.1 Å². The number of nitrogens with one attached hydrogen (secondary N) is 1. The van der Waals surface area contributed by atoms with E-state index in [1.165, 1.54) is 11.3 Å². The average Bonchev–Trinajstić information content (AvgIpc) is 3.19. The fourth-order valence-electron chi connectivity index (χ4n) is 4.14. The van der Waals surface area contributed by atoms with Gasteiger partial charge in [0, 0.05) is 36.7 Å². The van der Waals surface area contributed by atoms with Gasteiger partial charge in [0.15, 0.2) is 0 Å². The van der Waals surface area contributed by atoms with E-state index >= 15 is 0 Å². The normalized spacial score (nSPS) is 13.6. The Morgan fingerprint density at radius 2 is 1.97 bits per heavy atom. The highest BCUT2D eigenvalue weighted by Crippen LogP contribution is 2.37. The summed E-state index contributed by atoms with van der Waals surface area (Å²) in [4.78, 5) is 32.3. The lowest BCUT2D eigenvalue weighted by atomic mass is 9.97. The first-order valence-electron chi connectivity index (χ1n) is 11.1. The molecule has 0 bridgehead atoms. The number of aromatic nitrogens is 1. The SMILES string of the molecule is C[C@H](CC(=O)Nc1sc2c(c1C#N)CCN(C(=O)CCc1ccncc1)C2)c1ccccc1. The van der Waals surface area contributed by atoms with Crippen LogP contribution in [0.1, 0.15) is 52.8 Å². The van der Waals surface area contributed by atoms with Crippen LogP contribution in [0.3, 0.4) is 0 Å². The minimum Gasteiger partial charge on any atom is -0.337 e. The standard InChI is InChI=1S/C26H26N4O2S/c1-18(20-5-3-2-4-6-20)15-24(31)29-26-22(16-27)21-11-14-30(17-23(21)33-26)25(32)8-7-19-9-12-28-13-10-19/h2-6,9-10,12-13,18H,7-8,11,14-15,17H2,1H3,(H,29,31)/t18-/m1/s1. The van der Waals surface area contributed by atoms with Crippen molar-refractivity contribution >= 4 is 28.2 Å². The first-order chi connectivity index (χ1) is 16.0. The summed E-state index contributed by atoms with van der Waals surface area (Å²) >= 11 is 1.42. The zero-order valence-corrected chi connectivity index (χ0v) is 19.4. The zero-order chi connectivity index (χ0) is 23.2. The molecule has 1 aliphatic rings. The van der Waals surface area contributed by atoms with Crippen LogP contribution >= 0.6 is 11.3 Å². The summed E-state index contributed by atoms with van der Waals surface area (Å²) in [5.74, 6) is 0.0817. The lowest BCUT2D eigenvalue weighted by molar-refractivity contribution is -0.132. The molecule has 168 valence electrons. The van der Waals surface area contributed by atoms with Crippen molar-refractivity contribution in [3.8, 4) is 6.07 Å². The van der Waals surface area contributed by atoms with Gasteiger partial charge in [-0.1, -0.05) is 37.3 Å². The highest BCUT2D eigenvalue weighted by Gasteiger charge is 2.27. The average molecular weight is 459 g/mol. The Morgan fingerprint density at radius 1 is 1.21 bits per heavy atom. The van der Waals surface area contributed by atoms with Gasteiger partial charge in [-0.15, -0.1) is 11.3 Å². The predicted octanol–water partition coefficient (Wildman–Crippen LogP) is 4.66. The highest BCUT2D eigenvalue weighted by molar-refractivity contribution is 7.16. The van der Waals surface area contributed by atoms with E-state index in [1.807, 2.05) is 54.3 Å². The first-order valence-corrected chi connectivity index (χ1v) is 11.9.